The summed E-state index contributed by atoms with van der Waals surface area (Å²) in [6.07, 6.45) is 1.99. The molecule has 0 aliphatic carbocycles. The van der Waals surface area contributed by atoms with Gasteiger partial charge in [0.2, 0.25) is 17.7 Å². The summed E-state index contributed by atoms with van der Waals surface area (Å²) >= 11 is 0. The zero-order chi connectivity index (χ0) is 24.4. The molecule has 0 radical (unpaired) electrons. The molecule has 1 saturated heterocycles. The van der Waals surface area contributed by atoms with Crippen LogP contribution < -0.4 is 27.8 Å². The Labute approximate surface area is 186 Å². The van der Waals surface area contributed by atoms with E-state index in [0.717, 1.165) is 0 Å². The number of nitrogens with two attached hydrogens (primary N) is 3. The number of aliphatic carboxylic acids is 1. The maximum absolute atomic E-state index is 12.9. The summed E-state index contributed by atoms with van der Waals surface area (Å²) in [4.78, 5) is 65.3. The number of carbonyl (C=O) groups is 5. The number of aliphatic imine (C=N–C) groups is 1. The SMILES string of the molecule is CC[C@@H](C)[C@@H](N)C(=O)N1CCC[C@H]1C(=O)N[C@@H](CCCN=C(N)N)C(=O)NC(=O)C(=O)O. The quantitative estimate of drug-likeness (QED) is 0.0893. The lowest BCUT2D eigenvalue weighted by Crippen LogP contribution is -2.56. The minimum Gasteiger partial charge on any atom is -0.474 e. The van der Waals surface area contributed by atoms with E-state index in [4.69, 9.17) is 22.3 Å². The average molecular weight is 456 g/mol. The Morgan fingerprint density at radius 2 is 1.88 bits per heavy atom. The molecule has 9 N–H and O–H groups in total. The first-order valence-corrected chi connectivity index (χ1v) is 10.5. The monoisotopic (exact) mass is 455 g/mol. The Kier molecular flexibility index (Phi) is 10.5. The molecule has 180 valence electrons. The van der Waals surface area contributed by atoms with E-state index in [1.165, 1.54) is 4.90 Å². The second-order valence-corrected chi connectivity index (χ2v) is 7.73. The van der Waals surface area contributed by atoms with Gasteiger partial charge in [-0.25, -0.2) is 4.79 Å². The molecule has 1 rings (SSSR count). The third-order valence-corrected chi connectivity index (χ3v) is 5.39. The van der Waals surface area contributed by atoms with E-state index in [1.54, 1.807) is 5.32 Å². The fraction of sp³-hybridized carbons (Fsp3) is 0.684. The van der Waals surface area contributed by atoms with Gasteiger partial charge in [-0.3, -0.25) is 29.5 Å². The average Bonchev–Trinajstić information content (AvgIpc) is 3.23. The molecule has 32 heavy (non-hydrogen) atoms. The number of rotatable bonds is 10. The molecular formula is C19H33N7O6. The molecule has 1 aliphatic heterocycles. The predicted molar refractivity (Wildman–Crippen MR) is 115 cm³/mol. The molecule has 4 atom stereocenters. The maximum atomic E-state index is 12.9. The number of amides is 4. The topological polar surface area (TPSA) is 223 Å². The number of imide groups is 1. The number of carboxylic acid groups (broad SMARTS) is 1. The lowest BCUT2D eigenvalue weighted by Gasteiger charge is -2.29. The van der Waals surface area contributed by atoms with E-state index < -0.39 is 41.8 Å². The Balaban J connectivity index is 2.90. The van der Waals surface area contributed by atoms with Crippen LogP contribution in [0.3, 0.4) is 0 Å². The van der Waals surface area contributed by atoms with Gasteiger partial charge in [0.1, 0.15) is 12.1 Å². The molecule has 0 aromatic rings. The third kappa shape index (κ3) is 7.80. The van der Waals surface area contributed by atoms with Gasteiger partial charge in [0.15, 0.2) is 5.96 Å². The minimum absolute atomic E-state index is 0.0360. The number of carbonyl (C=O) groups excluding carboxylic acids is 4. The van der Waals surface area contributed by atoms with Crippen molar-refractivity contribution in [3.8, 4) is 0 Å². The Bertz CT molecular complexity index is 752. The van der Waals surface area contributed by atoms with Crippen molar-refractivity contribution in [2.75, 3.05) is 13.1 Å². The van der Waals surface area contributed by atoms with Gasteiger partial charge in [0.05, 0.1) is 6.04 Å². The largest absolute Gasteiger partial charge is 0.474 e. The van der Waals surface area contributed by atoms with E-state index in [9.17, 15) is 24.0 Å². The van der Waals surface area contributed by atoms with Gasteiger partial charge < -0.3 is 32.5 Å². The predicted octanol–water partition coefficient (Wildman–Crippen LogP) is -2.38. The smallest absolute Gasteiger partial charge is 0.394 e. The van der Waals surface area contributed by atoms with Gasteiger partial charge in [-0.15, -0.1) is 0 Å². The number of likely N-dealkylation sites (tertiary alicyclic amines) is 1. The van der Waals surface area contributed by atoms with Crippen LogP contribution in [0, 0.1) is 5.92 Å². The number of hydrogen-bond donors (Lipinski definition) is 6. The Hall–Kier alpha value is -3.22. The molecule has 0 aromatic carbocycles. The van der Waals surface area contributed by atoms with E-state index in [-0.39, 0.29) is 37.2 Å². The van der Waals surface area contributed by atoms with Crippen LogP contribution in [0.5, 0.6) is 0 Å². The van der Waals surface area contributed by atoms with Crippen molar-refractivity contribution >= 4 is 35.6 Å². The first-order chi connectivity index (χ1) is 15.0. The normalized spacial score (nSPS) is 18.2. The molecule has 0 spiro atoms. The molecule has 1 fully saturated rings. The minimum atomic E-state index is -1.84. The summed E-state index contributed by atoms with van der Waals surface area (Å²) in [5, 5.41) is 12.9. The van der Waals surface area contributed by atoms with Gasteiger partial charge in [0.25, 0.3) is 0 Å². The molecule has 0 saturated carbocycles. The highest BCUT2D eigenvalue weighted by Gasteiger charge is 2.38. The van der Waals surface area contributed by atoms with Crippen molar-refractivity contribution in [1.29, 1.82) is 0 Å². The fourth-order valence-corrected chi connectivity index (χ4v) is 3.28. The number of nitrogens with one attached hydrogen (secondary N) is 2. The first-order valence-electron chi connectivity index (χ1n) is 10.5. The summed E-state index contributed by atoms with van der Waals surface area (Å²) in [7, 11) is 0. The highest BCUT2D eigenvalue weighted by atomic mass is 16.4. The van der Waals surface area contributed by atoms with Crippen molar-refractivity contribution in [2.45, 2.75) is 64.1 Å². The van der Waals surface area contributed by atoms with Crippen LogP contribution in [0.4, 0.5) is 0 Å². The molecule has 0 unspecified atom stereocenters. The Morgan fingerprint density at radius 1 is 1.22 bits per heavy atom. The van der Waals surface area contributed by atoms with Crippen molar-refractivity contribution in [3.05, 3.63) is 0 Å². The van der Waals surface area contributed by atoms with Crippen molar-refractivity contribution in [3.63, 3.8) is 0 Å². The highest BCUT2D eigenvalue weighted by molar-refractivity contribution is 6.34. The summed E-state index contributed by atoms with van der Waals surface area (Å²) in [6.45, 7) is 4.28. The number of carboxylic acids is 1. The Morgan fingerprint density at radius 3 is 2.44 bits per heavy atom. The molecule has 1 aliphatic rings. The molecule has 1 heterocycles. The number of nitrogens with zero attached hydrogens (tertiary/aromatic N) is 2. The summed E-state index contributed by atoms with van der Waals surface area (Å²) < 4.78 is 0. The van der Waals surface area contributed by atoms with Crippen molar-refractivity contribution in [2.24, 2.45) is 28.1 Å². The van der Waals surface area contributed by atoms with E-state index >= 15 is 0 Å². The van der Waals surface area contributed by atoms with E-state index in [0.29, 0.717) is 25.8 Å². The van der Waals surface area contributed by atoms with Crippen LogP contribution in [0.1, 0.15) is 46.0 Å². The second kappa shape index (κ2) is 12.6. The first kappa shape index (κ1) is 26.8. The summed E-state index contributed by atoms with van der Waals surface area (Å²) in [5.41, 5.74) is 16.5. The van der Waals surface area contributed by atoms with Crippen LogP contribution in [-0.4, -0.2) is 76.8 Å². The van der Waals surface area contributed by atoms with Crippen LogP contribution in [-0.2, 0) is 24.0 Å². The standard InChI is InChI=1S/C19H33N7O6/c1-3-10(2)13(20)17(30)26-9-5-7-12(26)15(28)24-11(6-4-8-23-19(21)22)14(27)25-16(29)18(31)32/h10-13H,3-9,20H2,1-2H3,(H,24,28)(H,31,32)(H4,21,22,23)(H,25,27,29)/t10-,11+,12+,13-/m1/s1. The zero-order valence-corrected chi connectivity index (χ0v) is 18.4. The van der Waals surface area contributed by atoms with Gasteiger partial charge in [0, 0.05) is 13.1 Å². The maximum Gasteiger partial charge on any atom is 0.394 e. The molecule has 0 bridgehead atoms. The van der Waals surface area contributed by atoms with Crippen molar-refractivity contribution < 1.29 is 29.1 Å². The van der Waals surface area contributed by atoms with Crippen LogP contribution in [0.25, 0.3) is 0 Å². The molecule has 13 heteroatoms. The van der Waals surface area contributed by atoms with Gasteiger partial charge in [-0.05, 0) is 31.6 Å². The molecule has 4 amide bonds. The van der Waals surface area contributed by atoms with Gasteiger partial charge in [-0.1, -0.05) is 20.3 Å². The zero-order valence-electron chi connectivity index (χ0n) is 18.4. The van der Waals surface area contributed by atoms with E-state index in [2.05, 4.69) is 10.3 Å². The third-order valence-electron chi connectivity index (χ3n) is 5.39. The van der Waals surface area contributed by atoms with Crippen LogP contribution >= 0.6 is 0 Å². The van der Waals surface area contributed by atoms with Crippen LogP contribution in [0.2, 0.25) is 0 Å². The summed E-state index contributed by atoms with van der Waals surface area (Å²) in [6, 6.07) is -2.79. The number of guanidine groups is 1. The molecule has 0 aromatic heterocycles. The van der Waals surface area contributed by atoms with Crippen molar-refractivity contribution in [1.82, 2.24) is 15.5 Å². The summed E-state index contributed by atoms with van der Waals surface area (Å²) in [5.74, 6) is -5.48. The second-order valence-electron chi connectivity index (χ2n) is 7.73. The fourth-order valence-electron chi connectivity index (χ4n) is 3.28. The van der Waals surface area contributed by atoms with Crippen LogP contribution in [0.15, 0.2) is 4.99 Å². The number of hydrogen-bond acceptors (Lipinski definition) is 7. The van der Waals surface area contributed by atoms with E-state index in [1.807, 2.05) is 13.8 Å². The lowest BCUT2D eigenvalue weighted by molar-refractivity contribution is -0.152. The lowest BCUT2D eigenvalue weighted by atomic mass is 9.98. The van der Waals surface area contributed by atoms with Gasteiger partial charge >= 0.3 is 11.9 Å². The highest BCUT2D eigenvalue weighted by Crippen LogP contribution is 2.21. The molecule has 13 nitrogen and oxygen atoms in total. The molecular weight excluding hydrogens is 422 g/mol. The van der Waals surface area contributed by atoms with Gasteiger partial charge in [-0.2, -0.15) is 0 Å².